The second-order valence-electron chi connectivity index (χ2n) is 3.65. The molecule has 0 fully saturated rings. The number of thioether (sulfide) groups is 1. The number of thiazole rings is 1. The Kier molecular flexibility index (Phi) is 2.91. The van der Waals surface area contributed by atoms with Crippen LogP contribution in [0.3, 0.4) is 0 Å². The van der Waals surface area contributed by atoms with Gasteiger partial charge in [0.25, 0.3) is 4.34 Å². The molecule has 0 amide bonds. The number of para-hydroxylation sites is 1. The summed E-state index contributed by atoms with van der Waals surface area (Å²) < 4.78 is 6.68. The van der Waals surface area contributed by atoms with Gasteiger partial charge in [0, 0.05) is 18.2 Å². The monoisotopic (exact) mass is 348 g/mol. The van der Waals surface area contributed by atoms with E-state index in [9.17, 15) is 0 Å². The van der Waals surface area contributed by atoms with Crippen LogP contribution in [0.4, 0.5) is 0 Å². The van der Waals surface area contributed by atoms with Crippen molar-refractivity contribution in [2.24, 2.45) is 0 Å². The largest absolute Gasteiger partial charge is 0.298 e. The minimum Gasteiger partial charge on any atom is -0.173 e. The maximum absolute atomic E-state index is 2.54. The van der Waals surface area contributed by atoms with Crippen molar-refractivity contribution >= 4 is 55.9 Å². The number of rotatable bonds is 1. The van der Waals surface area contributed by atoms with Crippen molar-refractivity contribution in [2.75, 3.05) is 10.2 Å². The average Bonchev–Trinajstić information content (AvgIpc) is 2.67. The number of hydrogen-bond acceptors (Lipinski definition) is 2. The van der Waals surface area contributed by atoms with Crippen LogP contribution in [0.2, 0.25) is 0 Å². The normalized spacial score (nSPS) is 20.5. The minimum absolute atomic E-state index is 0.706. The molecule has 3 rings (SSSR count). The lowest BCUT2D eigenvalue weighted by Gasteiger charge is -2.14. The third-order valence-electron chi connectivity index (χ3n) is 2.74. The molecule has 0 N–H and O–H groups in total. The molecule has 1 aromatic carbocycles. The first-order valence-electron chi connectivity index (χ1n) is 5.02. The maximum atomic E-state index is 2.54. The van der Waals surface area contributed by atoms with Gasteiger partial charge >= 0.3 is 0 Å². The first-order valence-corrected chi connectivity index (χ1v) is 8.35. The van der Waals surface area contributed by atoms with Gasteiger partial charge in [0.05, 0.1) is 4.43 Å². The molecule has 1 aliphatic heterocycles. The van der Waals surface area contributed by atoms with Gasteiger partial charge in [-0.15, -0.1) is 0 Å². The molecule has 1 aliphatic rings. The van der Waals surface area contributed by atoms with E-state index in [4.69, 9.17) is 0 Å². The van der Waals surface area contributed by atoms with Crippen molar-refractivity contribution in [2.45, 2.75) is 16.8 Å². The van der Waals surface area contributed by atoms with Gasteiger partial charge in [-0.3, -0.25) is 0 Å². The zero-order valence-corrected chi connectivity index (χ0v) is 11.9. The molecule has 4 heteroatoms. The standard InChI is InChI=1S/C11H11INS2/c12-7-8-5-6-14-11-13(8)9-3-1-2-4-10(9)15-11/h1-4,8H,5-7H2/q+1. The van der Waals surface area contributed by atoms with Crippen LogP contribution in [0.1, 0.15) is 12.5 Å². The van der Waals surface area contributed by atoms with Gasteiger partial charge in [-0.25, -0.2) is 0 Å². The highest BCUT2D eigenvalue weighted by molar-refractivity contribution is 14.1. The average molecular weight is 348 g/mol. The molecule has 0 radical (unpaired) electrons. The summed E-state index contributed by atoms with van der Waals surface area (Å²) in [7, 11) is 0. The zero-order chi connectivity index (χ0) is 10.3. The lowest BCUT2D eigenvalue weighted by molar-refractivity contribution is -0.724. The van der Waals surface area contributed by atoms with E-state index in [1.54, 1.807) is 0 Å². The molecule has 15 heavy (non-hydrogen) atoms. The van der Waals surface area contributed by atoms with Gasteiger partial charge in [0.15, 0.2) is 6.04 Å². The molecule has 1 atom stereocenters. The first-order chi connectivity index (χ1) is 7.40. The molecule has 0 aliphatic carbocycles. The molecular weight excluding hydrogens is 337 g/mol. The van der Waals surface area contributed by atoms with E-state index < -0.39 is 0 Å². The van der Waals surface area contributed by atoms with Crippen LogP contribution >= 0.6 is 45.7 Å². The summed E-state index contributed by atoms with van der Waals surface area (Å²) in [6.07, 6.45) is 1.31. The summed E-state index contributed by atoms with van der Waals surface area (Å²) in [5.74, 6) is 1.28. The molecule has 2 heterocycles. The molecule has 78 valence electrons. The Hall–Kier alpha value is 0.190. The third kappa shape index (κ3) is 1.70. The first kappa shape index (κ1) is 10.4. The Morgan fingerprint density at radius 1 is 1.40 bits per heavy atom. The summed E-state index contributed by atoms with van der Waals surface area (Å²) in [4.78, 5) is 0. The van der Waals surface area contributed by atoms with E-state index in [1.165, 1.54) is 31.2 Å². The summed E-state index contributed by atoms with van der Waals surface area (Å²) in [6.45, 7) is 0. The highest BCUT2D eigenvalue weighted by Gasteiger charge is 2.31. The van der Waals surface area contributed by atoms with E-state index in [-0.39, 0.29) is 0 Å². The molecular formula is C11H11INS2+. The van der Waals surface area contributed by atoms with Crippen LogP contribution in [0, 0.1) is 0 Å². The fourth-order valence-electron chi connectivity index (χ4n) is 1.99. The van der Waals surface area contributed by atoms with Crippen molar-refractivity contribution in [3.63, 3.8) is 0 Å². The summed E-state index contributed by atoms with van der Waals surface area (Å²) in [5, 5.41) is 0. The molecule has 1 unspecified atom stereocenters. The van der Waals surface area contributed by atoms with Crippen molar-refractivity contribution in [1.82, 2.24) is 0 Å². The van der Waals surface area contributed by atoms with Crippen LogP contribution in [0.25, 0.3) is 10.2 Å². The fraction of sp³-hybridized carbons (Fsp3) is 0.364. The lowest BCUT2D eigenvalue weighted by Crippen LogP contribution is -2.43. The highest BCUT2D eigenvalue weighted by atomic mass is 127. The summed E-state index contributed by atoms with van der Waals surface area (Å²) in [6, 6.07) is 9.47. The van der Waals surface area contributed by atoms with Crippen LogP contribution in [-0.2, 0) is 0 Å². The van der Waals surface area contributed by atoms with Crippen LogP contribution in [0.5, 0.6) is 0 Å². The SMILES string of the molecule is ICC1CCSc2sc3ccccc3[n+]21. The number of benzene rings is 1. The molecule has 0 spiro atoms. The van der Waals surface area contributed by atoms with E-state index in [0.29, 0.717) is 6.04 Å². The second-order valence-corrected chi connectivity index (χ2v) is 6.90. The van der Waals surface area contributed by atoms with Crippen molar-refractivity contribution in [3.8, 4) is 0 Å². The van der Waals surface area contributed by atoms with E-state index >= 15 is 0 Å². The number of hydrogen-bond donors (Lipinski definition) is 0. The lowest BCUT2D eigenvalue weighted by atomic mass is 10.2. The van der Waals surface area contributed by atoms with E-state index in [2.05, 4.69) is 51.4 Å². The van der Waals surface area contributed by atoms with Crippen LogP contribution in [0.15, 0.2) is 28.6 Å². The Bertz CT molecular complexity index is 494. The van der Waals surface area contributed by atoms with Crippen LogP contribution in [-0.4, -0.2) is 10.2 Å². The number of halogens is 1. The summed E-state index contributed by atoms with van der Waals surface area (Å²) in [5.41, 5.74) is 1.42. The van der Waals surface area contributed by atoms with Gasteiger partial charge in [-0.05, 0) is 17.8 Å². The topological polar surface area (TPSA) is 3.88 Å². The predicted octanol–water partition coefficient (Wildman–Crippen LogP) is 3.66. The van der Waals surface area contributed by atoms with E-state index in [1.807, 2.05) is 23.1 Å². The Labute approximate surface area is 111 Å². The molecule has 0 saturated carbocycles. The zero-order valence-electron chi connectivity index (χ0n) is 8.15. The molecule has 2 aromatic rings. The van der Waals surface area contributed by atoms with Gasteiger partial charge in [0.2, 0.25) is 5.52 Å². The van der Waals surface area contributed by atoms with Crippen molar-refractivity contribution in [1.29, 1.82) is 0 Å². The fourth-order valence-corrected chi connectivity index (χ4v) is 5.48. The van der Waals surface area contributed by atoms with E-state index in [0.717, 1.165) is 0 Å². The summed E-state index contributed by atoms with van der Waals surface area (Å²) >= 11 is 6.46. The number of fused-ring (bicyclic) bond motifs is 3. The molecule has 0 bridgehead atoms. The predicted molar refractivity (Wildman–Crippen MR) is 75.3 cm³/mol. The molecule has 1 nitrogen and oxygen atoms in total. The number of alkyl halides is 1. The van der Waals surface area contributed by atoms with Gasteiger partial charge in [0.1, 0.15) is 4.70 Å². The smallest absolute Gasteiger partial charge is 0.173 e. The molecule has 0 saturated heterocycles. The molecule has 1 aromatic heterocycles. The minimum atomic E-state index is 0.706. The van der Waals surface area contributed by atoms with Gasteiger partial charge in [-0.1, -0.05) is 46.1 Å². The van der Waals surface area contributed by atoms with Crippen LogP contribution < -0.4 is 4.57 Å². The number of aromatic nitrogens is 1. The Morgan fingerprint density at radius 3 is 3.13 bits per heavy atom. The van der Waals surface area contributed by atoms with Crippen molar-refractivity contribution in [3.05, 3.63) is 24.3 Å². The Balaban J connectivity index is 2.27. The Morgan fingerprint density at radius 2 is 2.27 bits per heavy atom. The second kappa shape index (κ2) is 4.22. The quantitative estimate of drug-likeness (QED) is 0.432. The number of nitrogens with zero attached hydrogens (tertiary/aromatic N) is 1. The van der Waals surface area contributed by atoms with Gasteiger partial charge < -0.3 is 0 Å². The maximum Gasteiger partial charge on any atom is 0.298 e. The van der Waals surface area contributed by atoms with Gasteiger partial charge in [-0.2, -0.15) is 4.57 Å². The third-order valence-corrected chi connectivity index (χ3v) is 6.18. The van der Waals surface area contributed by atoms with Crippen molar-refractivity contribution < 1.29 is 4.57 Å². The highest BCUT2D eigenvalue weighted by Crippen LogP contribution is 2.34.